The summed E-state index contributed by atoms with van der Waals surface area (Å²) in [5.41, 5.74) is 0.919. The minimum absolute atomic E-state index is 0.0242. The van der Waals surface area contributed by atoms with Gasteiger partial charge in [0.2, 0.25) is 0 Å². The monoisotopic (exact) mass is 313 g/mol. The van der Waals surface area contributed by atoms with Crippen LogP contribution in [-0.4, -0.2) is 38.2 Å². The van der Waals surface area contributed by atoms with Gasteiger partial charge in [-0.25, -0.2) is 8.42 Å². The summed E-state index contributed by atoms with van der Waals surface area (Å²) < 4.78 is 23.5. The van der Waals surface area contributed by atoms with Crippen molar-refractivity contribution in [3.8, 4) is 0 Å². The van der Waals surface area contributed by atoms with Crippen LogP contribution in [-0.2, 0) is 21.1 Å². The highest BCUT2D eigenvalue weighted by molar-refractivity contribution is 7.90. The average Bonchev–Trinajstić information content (AvgIpc) is 2.41. The number of carbonyl (C=O) groups is 2. The third-order valence-corrected chi connectivity index (χ3v) is 4.14. The van der Waals surface area contributed by atoms with Gasteiger partial charge in [0.05, 0.1) is 4.90 Å². The number of aryl methyl sites for hydroxylation is 1. The Morgan fingerprint density at radius 3 is 2.48 bits per heavy atom. The topological polar surface area (TPSA) is 101 Å². The molecule has 116 valence electrons. The molecule has 1 rings (SSSR count). The van der Waals surface area contributed by atoms with Crippen molar-refractivity contribution in [3.05, 3.63) is 29.3 Å². The summed E-state index contributed by atoms with van der Waals surface area (Å²) in [4.78, 5) is 22.4. The third-order valence-electron chi connectivity index (χ3n) is 2.96. The number of hydrogen-bond acceptors (Lipinski definition) is 4. The smallest absolute Gasteiger partial charge is 0.303 e. The summed E-state index contributed by atoms with van der Waals surface area (Å²) in [6, 6.07) is 4.56. The molecule has 0 saturated heterocycles. The zero-order valence-electron chi connectivity index (χ0n) is 12.0. The maximum Gasteiger partial charge on any atom is 0.303 e. The Morgan fingerprint density at radius 1 is 1.29 bits per heavy atom. The molecule has 6 nitrogen and oxygen atoms in total. The summed E-state index contributed by atoms with van der Waals surface area (Å²) >= 11 is 0. The number of aliphatic carboxylic acids is 1. The highest BCUT2D eigenvalue weighted by Crippen LogP contribution is 2.18. The first-order valence-corrected chi connectivity index (χ1v) is 8.47. The molecule has 0 unspecified atom stereocenters. The summed E-state index contributed by atoms with van der Waals surface area (Å²) in [7, 11) is -3.40. The summed E-state index contributed by atoms with van der Waals surface area (Å²) in [6.45, 7) is 2.07. The number of amides is 1. The van der Waals surface area contributed by atoms with Crippen molar-refractivity contribution < 1.29 is 23.1 Å². The first-order chi connectivity index (χ1) is 9.75. The van der Waals surface area contributed by atoms with Crippen molar-refractivity contribution in [2.24, 2.45) is 0 Å². The highest BCUT2D eigenvalue weighted by Gasteiger charge is 2.15. The third kappa shape index (κ3) is 5.18. The lowest BCUT2D eigenvalue weighted by molar-refractivity contribution is -0.137. The van der Waals surface area contributed by atoms with Crippen LogP contribution in [0.5, 0.6) is 0 Å². The van der Waals surface area contributed by atoms with Gasteiger partial charge in [0.1, 0.15) is 0 Å². The van der Waals surface area contributed by atoms with E-state index in [0.29, 0.717) is 18.4 Å². The van der Waals surface area contributed by atoms with Gasteiger partial charge in [0.25, 0.3) is 5.91 Å². The fraction of sp³-hybridized carbons (Fsp3) is 0.429. The molecule has 0 spiro atoms. The molecule has 2 N–H and O–H groups in total. The second-order valence-electron chi connectivity index (χ2n) is 4.70. The number of benzene rings is 1. The van der Waals surface area contributed by atoms with Gasteiger partial charge in [-0.15, -0.1) is 0 Å². The predicted molar refractivity (Wildman–Crippen MR) is 78.1 cm³/mol. The molecule has 0 bridgehead atoms. The van der Waals surface area contributed by atoms with E-state index in [0.717, 1.165) is 6.26 Å². The van der Waals surface area contributed by atoms with Gasteiger partial charge in [0.15, 0.2) is 9.84 Å². The summed E-state index contributed by atoms with van der Waals surface area (Å²) in [5.74, 6) is -1.33. The summed E-state index contributed by atoms with van der Waals surface area (Å²) in [6.07, 6.45) is 1.97. The molecule has 0 atom stereocenters. The molecule has 0 heterocycles. The van der Waals surface area contributed by atoms with Crippen LogP contribution in [0.1, 0.15) is 35.7 Å². The number of nitrogens with one attached hydrogen (secondary N) is 1. The molecule has 1 aromatic rings. The van der Waals surface area contributed by atoms with Gasteiger partial charge in [-0.05, 0) is 30.5 Å². The van der Waals surface area contributed by atoms with Crippen LogP contribution in [0.3, 0.4) is 0 Å². The first-order valence-electron chi connectivity index (χ1n) is 6.58. The molecule has 1 amide bonds. The van der Waals surface area contributed by atoms with Crippen molar-refractivity contribution in [1.29, 1.82) is 0 Å². The van der Waals surface area contributed by atoms with Crippen molar-refractivity contribution in [2.45, 2.75) is 31.1 Å². The van der Waals surface area contributed by atoms with Crippen LogP contribution >= 0.6 is 0 Å². The number of carboxylic acids is 1. The molecule has 0 fully saturated rings. The molecule has 21 heavy (non-hydrogen) atoms. The molecule has 1 aromatic carbocycles. The Bertz CT molecular complexity index is 637. The van der Waals surface area contributed by atoms with E-state index < -0.39 is 21.7 Å². The van der Waals surface area contributed by atoms with E-state index in [4.69, 9.17) is 5.11 Å². The second-order valence-corrected chi connectivity index (χ2v) is 6.69. The number of carbonyl (C=O) groups excluding carboxylic acids is 1. The van der Waals surface area contributed by atoms with Crippen molar-refractivity contribution in [3.63, 3.8) is 0 Å². The van der Waals surface area contributed by atoms with E-state index in [-0.39, 0.29) is 23.4 Å². The van der Waals surface area contributed by atoms with E-state index in [9.17, 15) is 18.0 Å². The zero-order valence-corrected chi connectivity index (χ0v) is 12.9. The fourth-order valence-corrected chi connectivity index (χ4v) is 2.91. The quantitative estimate of drug-likeness (QED) is 0.738. The van der Waals surface area contributed by atoms with Crippen LogP contribution in [0.25, 0.3) is 0 Å². The van der Waals surface area contributed by atoms with Gasteiger partial charge < -0.3 is 10.4 Å². The number of sulfone groups is 1. The Morgan fingerprint density at radius 2 is 1.95 bits per heavy atom. The SMILES string of the molecule is CCc1ccc(C(=O)NCCCC(=O)O)cc1S(C)(=O)=O. The highest BCUT2D eigenvalue weighted by atomic mass is 32.2. The lowest BCUT2D eigenvalue weighted by Gasteiger charge is -2.09. The molecule has 0 radical (unpaired) electrons. The summed E-state index contributed by atoms with van der Waals surface area (Å²) in [5, 5.41) is 11.1. The van der Waals surface area contributed by atoms with E-state index in [1.807, 2.05) is 6.92 Å². The average molecular weight is 313 g/mol. The lowest BCUT2D eigenvalue weighted by atomic mass is 10.1. The van der Waals surface area contributed by atoms with Crippen LogP contribution in [0.2, 0.25) is 0 Å². The van der Waals surface area contributed by atoms with Crippen molar-refractivity contribution in [2.75, 3.05) is 12.8 Å². The van der Waals surface area contributed by atoms with E-state index in [1.54, 1.807) is 12.1 Å². The maximum atomic E-state index is 11.9. The second kappa shape index (κ2) is 7.21. The largest absolute Gasteiger partial charge is 0.481 e. The maximum absolute atomic E-state index is 11.9. The lowest BCUT2D eigenvalue weighted by Crippen LogP contribution is -2.25. The zero-order chi connectivity index (χ0) is 16.0. The van der Waals surface area contributed by atoms with Crippen LogP contribution in [0, 0.1) is 0 Å². The van der Waals surface area contributed by atoms with Crippen LogP contribution in [0.15, 0.2) is 23.1 Å². The predicted octanol–water partition coefficient (Wildman–Crippen LogP) is 1.25. The minimum atomic E-state index is -3.40. The number of carboxylic acid groups (broad SMARTS) is 1. The van der Waals surface area contributed by atoms with Gasteiger partial charge in [-0.3, -0.25) is 9.59 Å². The molecular weight excluding hydrogens is 294 g/mol. The standard InChI is InChI=1S/C14H19NO5S/c1-3-10-6-7-11(9-12(10)21(2,19)20)14(18)15-8-4-5-13(16)17/h6-7,9H,3-5,8H2,1-2H3,(H,15,18)(H,16,17). The van der Waals surface area contributed by atoms with E-state index in [1.165, 1.54) is 6.07 Å². The van der Waals surface area contributed by atoms with E-state index >= 15 is 0 Å². The van der Waals surface area contributed by atoms with E-state index in [2.05, 4.69) is 5.32 Å². The fourth-order valence-electron chi connectivity index (χ4n) is 1.88. The minimum Gasteiger partial charge on any atom is -0.481 e. The van der Waals surface area contributed by atoms with Gasteiger partial charge >= 0.3 is 5.97 Å². The van der Waals surface area contributed by atoms with Crippen LogP contribution in [0.4, 0.5) is 0 Å². The Balaban J connectivity index is 2.84. The Kier molecular flexibility index (Phi) is 5.90. The molecular formula is C14H19NO5S. The van der Waals surface area contributed by atoms with Gasteiger partial charge in [0, 0.05) is 24.8 Å². The van der Waals surface area contributed by atoms with Gasteiger partial charge in [-0.1, -0.05) is 13.0 Å². The molecule has 0 aliphatic carbocycles. The van der Waals surface area contributed by atoms with Gasteiger partial charge in [-0.2, -0.15) is 0 Å². The Hall–Kier alpha value is -1.89. The first kappa shape index (κ1) is 17.2. The van der Waals surface area contributed by atoms with Crippen molar-refractivity contribution >= 4 is 21.7 Å². The molecule has 0 aromatic heterocycles. The molecule has 7 heteroatoms. The molecule has 0 aliphatic rings. The van der Waals surface area contributed by atoms with Crippen LogP contribution < -0.4 is 5.32 Å². The number of hydrogen-bond donors (Lipinski definition) is 2. The number of rotatable bonds is 7. The molecule has 0 saturated carbocycles. The van der Waals surface area contributed by atoms with Crippen molar-refractivity contribution in [1.82, 2.24) is 5.32 Å². The Labute approximate surface area is 124 Å². The molecule has 0 aliphatic heterocycles. The normalized spacial score (nSPS) is 11.1.